The van der Waals surface area contributed by atoms with Crippen LogP contribution in [0.3, 0.4) is 0 Å². The molecule has 5 N–H and O–H groups in total. The van der Waals surface area contributed by atoms with Gasteiger partial charge in [-0.1, -0.05) is 77.1 Å². The van der Waals surface area contributed by atoms with E-state index >= 15 is 0 Å². The second kappa shape index (κ2) is 15.8. The number of carboxylic acid groups (broad SMARTS) is 1. The Kier molecular flexibility index (Phi) is 12.9. The number of aliphatic carboxylic acids is 1. The van der Waals surface area contributed by atoms with Crippen LogP contribution in [0.2, 0.25) is 0 Å². The van der Waals surface area contributed by atoms with Crippen LogP contribution in [0, 0.1) is 17.8 Å². The van der Waals surface area contributed by atoms with Crippen molar-refractivity contribution < 1.29 is 58.9 Å². The van der Waals surface area contributed by atoms with Crippen LogP contribution in [0.1, 0.15) is 65.9 Å². The largest absolute Gasteiger partial charge is 0.479 e. The summed E-state index contributed by atoms with van der Waals surface area (Å²) in [5.41, 5.74) is -4.37. The molecule has 0 spiro atoms. The van der Waals surface area contributed by atoms with Gasteiger partial charge in [0.25, 0.3) is 0 Å². The number of esters is 2. The quantitative estimate of drug-likeness (QED) is 0.0933. The minimum absolute atomic E-state index is 0.0156. The molecule has 10 atom stereocenters. The summed E-state index contributed by atoms with van der Waals surface area (Å²) in [6.45, 7) is 11.1. The third-order valence-corrected chi connectivity index (χ3v) is 9.40. The van der Waals surface area contributed by atoms with Crippen LogP contribution in [0.25, 0.3) is 0 Å². The molecule has 0 aliphatic carbocycles. The molecule has 2 heterocycles. The minimum atomic E-state index is -2.93. The van der Waals surface area contributed by atoms with Gasteiger partial charge in [0.15, 0.2) is 11.7 Å². The Morgan fingerprint density at radius 3 is 2.34 bits per heavy atom. The van der Waals surface area contributed by atoms with E-state index < -0.39 is 72.5 Å². The summed E-state index contributed by atoms with van der Waals surface area (Å²) in [6, 6.07) is 9.54. The maximum Gasteiger partial charge on any atom is 0.343 e. The van der Waals surface area contributed by atoms with Crippen LogP contribution >= 0.6 is 0 Å². The average Bonchev–Trinajstić information content (AvgIpc) is 3.25. The zero-order valence-electron chi connectivity index (χ0n) is 27.8. The van der Waals surface area contributed by atoms with E-state index in [1.807, 2.05) is 44.2 Å². The maximum absolute atomic E-state index is 13.0. The molecule has 262 valence electrons. The Hall–Kier alpha value is -3.13. The zero-order chi connectivity index (χ0) is 35.2. The maximum atomic E-state index is 13.0. The van der Waals surface area contributed by atoms with E-state index in [0.29, 0.717) is 17.9 Å². The smallest absolute Gasteiger partial charge is 0.343 e. The molecule has 3 rings (SSSR count). The Morgan fingerprint density at radius 2 is 1.79 bits per heavy atom. The molecule has 0 unspecified atom stereocenters. The van der Waals surface area contributed by atoms with Gasteiger partial charge in [0.2, 0.25) is 11.4 Å². The molecule has 1 aromatic carbocycles. The van der Waals surface area contributed by atoms with E-state index in [1.165, 1.54) is 6.92 Å². The fourth-order valence-corrected chi connectivity index (χ4v) is 6.65. The van der Waals surface area contributed by atoms with Gasteiger partial charge in [0.1, 0.15) is 18.3 Å². The topological polar surface area (TPSA) is 189 Å². The van der Waals surface area contributed by atoms with Gasteiger partial charge in [-0.25, -0.2) is 9.59 Å². The molecule has 1 aromatic rings. The summed E-state index contributed by atoms with van der Waals surface area (Å²) in [5.74, 6) is -5.50. The van der Waals surface area contributed by atoms with Crippen LogP contribution in [-0.4, -0.2) is 98.1 Å². The molecule has 12 heteroatoms. The summed E-state index contributed by atoms with van der Waals surface area (Å²) in [5, 5.41) is 54.1. The van der Waals surface area contributed by atoms with Gasteiger partial charge in [-0.3, -0.25) is 4.79 Å². The number of aliphatic hydroxyl groups is 4. The number of ether oxygens (including phenoxy) is 4. The zero-order valence-corrected chi connectivity index (χ0v) is 27.8. The number of allylic oxidation sites excluding steroid dienone is 1. The predicted molar refractivity (Wildman–Crippen MR) is 170 cm³/mol. The normalized spacial score (nSPS) is 31.1. The molecular formula is C35H50O12. The van der Waals surface area contributed by atoms with Crippen molar-refractivity contribution in [3.63, 3.8) is 0 Å². The van der Waals surface area contributed by atoms with Crippen molar-refractivity contribution in [2.45, 2.75) is 108 Å². The van der Waals surface area contributed by atoms with E-state index in [2.05, 4.69) is 20.4 Å². The predicted octanol–water partition coefficient (Wildman–Crippen LogP) is 2.70. The molecule has 2 saturated heterocycles. The third-order valence-electron chi connectivity index (χ3n) is 9.40. The number of hydrogen-bond acceptors (Lipinski definition) is 11. The van der Waals surface area contributed by atoms with Gasteiger partial charge in [0.05, 0.1) is 13.2 Å². The summed E-state index contributed by atoms with van der Waals surface area (Å²) in [4.78, 5) is 38.1. The Labute approximate surface area is 276 Å². The highest BCUT2D eigenvalue weighted by Crippen LogP contribution is 2.55. The molecule has 2 aliphatic heterocycles. The number of benzene rings is 1. The number of carboxylic acids is 1. The lowest BCUT2D eigenvalue weighted by molar-refractivity contribution is -0.393. The second-order valence-corrected chi connectivity index (χ2v) is 13.1. The van der Waals surface area contributed by atoms with E-state index in [-0.39, 0.29) is 24.7 Å². The highest BCUT2D eigenvalue weighted by Gasteiger charge is 2.81. The van der Waals surface area contributed by atoms with Crippen LogP contribution < -0.4 is 0 Å². The van der Waals surface area contributed by atoms with Gasteiger partial charge >= 0.3 is 17.9 Å². The number of fused-ring (bicyclic) bond motifs is 2. The Morgan fingerprint density at radius 1 is 1.13 bits per heavy atom. The second-order valence-electron chi connectivity index (χ2n) is 13.1. The average molecular weight is 663 g/mol. The first kappa shape index (κ1) is 38.3. The summed E-state index contributed by atoms with van der Waals surface area (Å²) >= 11 is 0. The molecule has 0 aromatic heterocycles. The van der Waals surface area contributed by atoms with Crippen molar-refractivity contribution >= 4 is 17.9 Å². The monoisotopic (exact) mass is 662 g/mol. The van der Waals surface area contributed by atoms with Gasteiger partial charge < -0.3 is 44.5 Å². The van der Waals surface area contributed by atoms with Crippen molar-refractivity contribution in [1.82, 2.24) is 0 Å². The molecule has 47 heavy (non-hydrogen) atoms. The highest BCUT2D eigenvalue weighted by molar-refractivity contribution is 5.85. The Balaban J connectivity index is 1.94. The fraction of sp³-hybridized carbons (Fsp3) is 0.629. The molecular weight excluding hydrogens is 612 g/mol. The molecule has 2 aliphatic rings. The van der Waals surface area contributed by atoms with Gasteiger partial charge in [-0.2, -0.15) is 0 Å². The lowest BCUT2D eigenvalue weighted by Crippen LogP contribution is -2.75. The third kappa shape index (κ3) is 7.96. The van der Waals surface area contributed by atoms with E-state index in [4.69, 9.17) is 18.9 Å². The lowest BCUT2D eigenvalue weighted by atomic mass is 9.75. The Bertz CT molecular complexity index is 1280. The van der Waals surface area contributed by atoms with Crippen LogP contribution in [0.15, 0.2) is 54.6 Å². The molecule has 2 fully saturated rings. The van der Waals surface area contributed by atoms with E-state index in [9.17, 15) is 39.9 Å². The van der Waals surface area contributed by atoms with E-state index in [1.54, 1.807) is 6.08 Å². The highest BCUT2D eigenvalue weighted by atomic mass is 16.8. The molecule has 0 radical (unpaired) electrons. The number of aliphatic hydroxyl groups excluding tert-OH is 3. The SMILES string of the molecule is C=C(CC[C@@]12O[C@H](CO)[C@@](O)(CO)[C@@](C(=O)O)(O1)[C@H](OC(=O)/C=C/[C@@H](C)C[C@@H](C)CC)[C@H]2O)[C@@H](OC(C)=O)[C@H](C)Cc1ccccc1. The summed E-state index contributed by atoms with van der Waals surface area (Å²) in [7, 11) is 0. The summed E-state index contributed by atoms with van der Waals surface area (Å²) in [6.07, 6.45) is -1.95. The van der Waals surface area contributed by atoms with Crippen molar-refractivity contribution in [2.24, 2.45) is 17.8 Å². The van der Waals surface area contributed by atoms with Gasteiger partial charge in [-0.05, 0) is 42.2 Å². The number of hydrogen-bond donors (Lipinski definition) is 5. The fourth-order valence-electron chi connectivity index (χ4n) is 6.65. The van der Waals surface area contributed by atoms with Crippen LogP contribution in [0.4, 0.5) is 0 Å². The first-order chi connectivity index (χ1) is 22.1. The van der Waals surface area contributed by atoms with Gasteiger partial charge in [-0.15, -0.1) is 0 Å². The standard InChI is InChI=1S/C35H50O12/c1-7-21(2)17-22(3)13-14-28(39)45-31-30(40)34(46-27(19-36)33(43,20-37)35(31,47-34)32(41)42)16-15-23(4)29(44-25(6)38)24(5)18-26-11-9-8-10-12-26/h8-14,21-22,24,27,29-31,36-37,40,43H,4,7,15-20H2,1-3,5-6H3,(H,41,42)/b14-13+/t21-,22+,24+,27+,29+,30+,31+,33-,34+,35+/m0/s1. The molecule has 2 bridgehead atoms. The van der Waals surface area contributed by atoms with E-state index in [0.717, 1.165) is 24.5 Å². The lowest BCUT2D eigenvalue weighted by Gasteiger charge is -2.51. The first-order valence-corrected chi connectivity index (χ1v) is 16.1. The number of carbonyl (C=O) groups is 3. The molecule has 0 saturated carbocycles. The van der Waals surface area contributed by atoms with Gasteiger partial charge in [0, 0.05) is 25.3 Å². The summed E-state index contributed by atoms with van der Waals surface area (Å²) < 4.78 is 22.9. The van der Waals surface area contributed by atoms with Crippen LogP contribution in [-0.2, 0) is 39.8 Å². The molecule has 12 nitrogen and oxygen atoms in total. The number of carbonyl (C=O) groups excluding carboxylic acids is 2. The molecule has 0 amide bonds. The van der Waals surface area contributed by atoms with Crippen molar-refractivity contribution in [3.05, 3.63) is 60.2 Å². The minimum Gasteiger partial charge on any atom is -0.479 e. The first-order valence-electron chi connectivity index (χ1n) is 16.1. The van der Waals surface area contributed by atoms with Crippen LogP contribution in [0.5, 0.6) is 0 Å². The number of rotatable bonds is 17. The van der Waals surface area contributed by atoms with Crippen molar-refractivity contribution in [1.29, 1.82) is 0 Å². The van der Waals surface area contributed by atoms with Crippen molar-refractivity contribution in [2.75, 3.05) is 13.2 Å². The van der Waals surface area contributed by atoms with Crippen molar-refractivity contribution in [3.8, 4) is 0 Å².